The molecule has 0 radical (unpaired) electrons. The molecule has 8 heterocycles. The first kappa shape index (κ1) is 40.9. The summed E-state index contributed by atoms with van der Waals surface area (Å²) in [6, 6.07) is 50.9. The molecule has 10 heteroatoms. The van der Waals surface area contributed by atoms with Gasteiger partial charge >= 0.3 is 0 Å². The second-order valence-corrected chi connectivity index (χ2v) is 17.6. The monoisotopic (exact) mass is 1040 g/mol. The summed E-state index contributed by atoms with van der Waals surface area (Å²) < 4.78 is 4.10. The van der Waals surface area contributed by atoms with Gasteiger partial charge in [-0.15, -0.1) is 22.3 Å². The summed E-state index contributed by atoms with van der Waals surface area (Å²) in [5, 5.41) is 0. The average Bonchev–Trinajstić information content (AvgIpc) is 4.11. The van der Waals surface area contributed by atoms with Gasteiger partial charge in [-0.2, -0.15) is 48.5 Å². The van der Waals surface area contributed by atoms with E-state index in [0.29, 0.717) is 0 Å². The van der Waals surface area contributed by atoms with Crippen molar-refractivity contribution in [2.45, 2.75) is 36.1 Å². The molecule has 2 aromatic carbocycles. The summed E-state index contributed by atoms with van der Waals surface area (Å²) in [5.41, 5.74) is 13.9. The Kier molecular flexibility index (Phi) is 9.29. The number of imidazole rings is 1. The fraction of sp³-hybridized carbons (Fsp3) is 0.123. The number of rotatable bonds is 7. The molecule has 0 fully saturated rings. The molecule has 0 unspecified atom stereocenters. The molecule has 0 saturated carbocycles. The molecule has 0 bridgehead atoms. The quantitative estimate of drug-likeness (QED) is 0.116. The van der Waals surface area contributed by atoms with Gasteiger partial charge in [-0.1, -0.05) is 50.2 Å². The maximum Gasteiger partial charge on any atom is 0.204 e. The largest absolute Gasteiger partial charge is 0.354 e. The molecule has 0 amide bonds. The molecule has 0 spiro atoms. The number of pyridine rings is 7. The van der Waals surface area contributed by atoms with Crippen LogP contribution in [0.25, 0.3) is 34.2 Å². The zero-order valence-electron chi connectivity index (χ0n) is 36.7. The maximum absolute atomic E-state index is 5.24. The predicted octanol–water partition coefficient (Wildman–Crippen LogP) is 9.15. The second-order valence-electron chi connectivity index (χ2n) is 17.6. The summed E-state index contributed by atoms with van der Waals surface area (Å²) in [6.45, 7) is 4.44. The van der Waals surface area contributed by atoms with Crippen molar-refractivity contribution in [3.05, 3.63) is 262 Å². The Morgan fingerprint density at radius 1 is 0.463 bits per heavy atom. The van der Waals surface area contributed by atoms with Crippen molar-refractivity contribution in [1.82, 2.24) is 39.5 Å². The molecule has 0 saturated heterocycles. The number of aromatic nitrogens is 9. The minimum atomic E-state index is -0.984. The fourth-order valence-electron chi connectivity index (χ4n) is 11.3. The number of nitrogens with zero attached hydrogens (tertiary/aromatic N) is 9. The van der Waals surface area contributed by atoms with Crippen LogP contribution in [-0.4, -0.2) is 39.5 Å². The molecule has 67 heavy (non-hydrogen) atoms. The van der Waals surface area contributed by atoms with E-state index in [-0.39, 0.29) is 27.0 Å². The van der Waals surface area contributed by atoms with E-state index in [1.807, 2.05) is 97.6 Å². The van der Waals surface area contributed by atoms with E-state index in [4.69, 9.17) is 34.9 Å². The van der Waals surface area contributed by atoms with Gasteiger partial charge in [0.15, 0.2) is 0 Å². The first-order valence-electron chi connectivity index (χ1n) is 22.2. The Hall–Kier alpha value is -7.61. The SMILES string of the molecule is CC(C)c1ccnc(C2(c3[c-]c(C4(c5[c-]c(C6(n7[c-][n+](C)cc7)c7cccnc7-c7ncccc76)ccc5)c5cccnc5-c5ncccc54)ccc3)c3cccnc3-c3ncccc32)c1.[Pt]. The van der Waals surface area contributed by atoms with Crippen molar-refractivity contribution in [3.8, 4) is 34.2 Å². The van der Waals surface area contributed by atoms with Crippen LogP contribution in [0.1, 0.15) is 86.7 Å². The van der Waals surface area contributed by atoms with Crippen LogP contribution < -0.4 is 4.57 Å². The molecule has 10 aromatic rings. The summed E-state index contributed by atoms with van der Waals surface area (Å²) >= 11 is 0. The zero-order valence-corrected chi connectivity index (χ0v) is 38.9. The van der Waals surface area contributed by atoms with Gasteiger partial charge in [0, 0.05) is 81.0 Å². The van der Waals surface area contributed by atoms with E-state index in [9.17, 15) is 0 Å². The van der Waals surface area contributed by atoms with Crippen LogP contribution in [0.15, 0.2) is 177 Å². The minimum Gasteiger partial charge on any atom is -0.354 e. The fourth-order valence-corrected chi connectivity index (χ4v) is 11.3. The van der Waals surface area contributed by atoms with Gasteiger partial charge in [0.25, 0.3) is 0 Å². The molecule has 324 valence electrons. The Balaban J connectivity index is 0.00000468. The molecule has 9 nitrogen and oxygen atoms in total. The van der Waals surface area contributed by atoms with E-state index in [1.165, 1.54) is 5.56 Å². The normalized spacial score (nSPS) is 14.9. The molecular formula is C57H39N9Pt-2. The van der Waals surface area contributed by atoms with Crippen LogP contribution in [0.3, 0.4) is 0 Å². The molecule has 0 N–H and O–H groups in total. The Morgan fingerprint density at radius 2 is 0.866 bits per heavy atom. The van der Waals surface area contributed by atoms with Gasteiger partial charge in [0.2, 0.25) is 6.33 Å². The third-order valence-corrected chi connectivity index (χ3v) is 14.0. The Labute approximate surface area is 402 Å². The predicted molar refractivity (Wildman–Crippen MR) is 249 cm³/mol. The topological polar surface area (TPSA) is 99.0 Å². The van der Waals surface area contributed by atoms with Crippen molar-refractivity contribution in [2.24, 2.45) is 7.05 Å². The number of hydrogen-bond donors (Lipinski definition) is 0. The second kappa shape index (κ2) is 15.2. The van der Waals surface area contributed by atoms with Crippen LogP contribution in [0.5, 0.6) is 0 Å². The van der Waals surface area contributed by atoms with Gasteiger partial charge < -0.3 is 9.13 Å². The molecular weight excluding hydrogens is 1010 g/mol. The van der Waals surface area contributed by atoms with E-state index in [1.54, 1.807) is 0 Å². The molecule has 8 aromatic heterocycles. The molecule has 3 aliphatic carbocycles. The van der Waals surface area contributed by atoms with Gasteiger partial charge in [-0.25, -0.2) is 0 Å². The number of aryl methyl sites for hydroxylation is 1. The van der Waals surface area contributed by atoms with Crippen LogP contribution in [-0.2, 0) is 44.5 Å². The van der Waals surface area contributed by atoms with Crippen molar-refractivity contribution in [3.63, 3.8) is 0 Å². The zero-order chi connectivity index (χ0) is 44.2. The molecule has 0 atom stereocenters. The van der Waals surface area contributed by atoms with Gasteiger partial charge in [-0.05, 0) is 94.7 Å². The smallest absolute Gasteiger partial charge is 0.204 e. The van der Waals surface area contributed by atoms with E-state index >= 15 is 0 Å². The maximum atomic E-state index is 5.24. The van der Waals surface area contributed by atoms with Crippen molar-refractivity contribution in [2.75, 3.05) is 0 Å². The van der Waals surface area contributed by atoms with Crippen molar-refractivity contribution in [1.29, 1.82) is 0 Å². The van der Waals surface area contributed by atoms with Gasteiger partial charge in [0.1, 0.15) is 5.54 Å². The van der Waals surface area contributed by atoms with Crippen LogP contribution >= 0.6 is 0 Å². The molecule has 3 aliphatic rings. The summed E-state index contributed by atoms with van der Waals surface area (Å²) in [7, 11) is 1.99. The van der Waals surface area contributed by atoms with E-state index in [0.717, 1.165) is 95.5 Å². The minimum absolute atomic E-state index is 0. The van der Waals surface area contributed by atoms with Crippen LogP contribution in [0.4, 0.5) is 0 Å². The third kappa shape index (κ3) is 5.40. The third-order valence-electron chi connectivity index (χ3n) is 14.0. The summed E-state index contributed by atoms with van der Waals surface area (Å²) in [4.78, 5) is 35.3. The first-order chi connectivity index (χ1) is 32.5. The molecule has 13 rings (SSSR count). The Morgan fingerprint density at radius 3 is 1.31 bits per heavy atom. The summed E-state index contributed by atoms with van der Waals surface area (Å²) in [6.07, 6.45) is 20.7. The standard InChI is InChI=1S/C57H39N9.Pt/c1-36(2)37-22-29-58-48(32-37)56(44-18-8-25-61-51(44)52-45(56)19-9-26-62-52)40-14-4-12-38(33-40)55(42-16-6-23-59-49(42)50-43(55)17-7-24-60-50)39-13-5-15-41(34-39)57(66-31-30-65(3)35-66)46-20-10-27-63-53(46)54-47(57)21-11-28-64-54;/h4-32,36H,1-3H3;/q-2;. The van der Waals surface area contributed by atoms with Crippen molar-refractivity contribution >= 4 is 0 Å². The van der Waals surface area contributed by atoms with E-state index < -0.39 is 16.4 Å². The van der Waals surface area contributed by atoms with E-state index in [2.05, 4.69) is 128 Å². The number of hydrogen-bond acceptors (Lipinski definition) is 7. The van der Waals surface area contributed by atoms with Gasteiger partial charge in [-0.3, -0.25) is 34.9 Å². The van der Waals surface area contributed by atoms with Crippen molar-refractivity contribution < 1.29 is 25.6 Å². The van der Waals surface area contributed by atoms with Crippen LogP contribution in [0, 0.1) is 18.5 Å². The average molecular weight is 1050 g/mol. The molecule has 0 aliphatic heterocycles. The number of fused-ring (bicyclic) bond motifs is 9. The number of benzene rings is 2. The summed E-state index contributed by atoms with van der Waals surface area (Å²) in [5.74, 6) is 0.278. The Bertz CT molecular complexity index is 3460. The van der Waals surface area contributed by atoms with Crippen LogP contribution in [0.2, 0.25) is 0 Å². The first-order valence-corrected chi connectivity index (χ1v) is 22.2. The van der Waals surface area contributed by atoms with Gasteiger partial charge in [0.05, 0.1) is 52.3 Å².